The summed E-state index contributed by atoms with van der Waals surface area (Å²) < 4.78 is 10.8. The Morgan fingerprint density at radius 1 is 1.33 bits per heavy atom. The van der Waals surface area contributed by atoms with Crippen LogP contribution in [0, 0.1) is 11.8 Å². The van der Waals surface area contributed by atoms with Crippen molar-refractivity contribution in [1.82, 2.24) is 0 Å². The van der Waals surface area contributed by atoms with Crippen molar-refractivity contribution in [2.75, 3.05) is 0 Å². The predicted octanol–water partition coefficient (Wildman–Crippen LogP) is 2.72. The molecule has 0 aliphatic heterocycles. The van der Waals surface area contributed by atoms with Gasteiger partial charge in [-0.25, -0.2) is 4.79 Å². The van der Waals surface area contributed by atoms with E-state index in [1.54, 1.807) is 12.1 Å². The van der Waals surface area contributed by atoms with Gasteiger partial charge in [0.2, 0.25) is 5.76 Å². The van der Waals surface area contributed by atoms with Gasteiger partial charge in [-0.05, 0) is 43.2 Å². The van der Waals surface area contributed by atoms with Crippen LogP contribution < -0.4 is 5.73 Å². The van der Waals surface area contributed by atoms with Crippen molar-refractivity contribution < 1.29 is 13.9 Å². The molecule has 1 aromatic heterocycles. The van der Waals surface area contributed by atoms with Crippen molar-refractivity contribution in [3.05, 3.63) is 23.7 Å². The van der Waals surface area contributed by atoms with Gasteiger partial charge >= 0.3 is 5.97 Å². The topological polar surface area (TPSA) is 65.5 Å². The maximum atomic E-state index is 11.9. The zero-order chi connectivity index (χ0) is 13.1. The number of esters is 1. The summed E-state index contributed by atoms with van der Waals surface area (Å²) in [6.45, 7) is 4.70. The van der Waals surface area contributed by atoms with Crippen molar-refractivity contribution in [3.8, 4) is 0 Å². The quantitative estimate of drug-likeness (QED) is 0.839. The van der Waals surface area contributed by atoms with E-state index in [9.17, 15) is 4.79 Å². The molecular weight excluding hydrogens is 230 g/mol. The lowest BCUT2D eigenvalue weighted by atomic mass is 9.82. The molecule has 2 N–H and O–H groups in total. The third-order valence-electron chi connectivity index (χ3n) is 3.47. The molecule has 100 valence electrons. The summed E-state index contributed by atoms with van der Waals surface area (Å²) in [5, 5.41) is 0. The smallest absolute Gasteiger partial charge is 0.374 e. The number of furan rings is 1. The van der Waals surface area contributed by atoms with Crippen molar-refractivity contribution in [3.63, 3.8) is 0 Å². The van der Waals surface area contributed by atoms with Crippen LogP contribution in [0.1, 0.15) is 49.4 Å². The average molecular weight is 251 g/mol. The summed E-state index contributed by atoms with van der Waals surface area (Å²) >= 11 is 0. The van der Waals surface area contributed by atoms with Crippen LogP contribution in [0.15, 0.2) is 16.5 Å². The zero-order valence-corrected chi connectivity index (χ0v) is 11.0. The van der Waals surface area contributed by atoms with E-state index in [1.807, 2.05) is 0 Å². The Morgan fingerprint density at radius 2 is 2.00 bits per heavy atom. The second-order valence-electron chi connectivity index (χ2n) is 5.41. The Hall–Kier alpha value is -1.29. The Morgan fingerprint density at radius 3 is 2.56 bits per heavy atom. The molecule has 0 aromatic carbocycles. The van der Waals surface area contributed by atoms with Crippen molar-refractivity contribution >= 4 is 5.97 Å². The summed E-state index contributed by atoms with van der Waals surface area (Å²) in [6, 6.07) is 3.34. The van der Waals surface area contributed by atoms with Gasteiger partial charge in [0.15, 0.2) is 0 Å². The molecule has 0 saturated heterocycles. The van der Waals surface area contributed by atoms with Crippen LogP contribution in [0.2, 0.25) is 0 Å². The van der Waals surface area contributed by atoms with Gasteiger partial charge in [0, 0.05) is 0 Å². The van der Waals surface area contributed by atoms with Gasteiger partial charge in [0.1, 0.15) is 11.9 Å². The van der Waals surface area contributed by atoms with E-state index >= 15 is 0 Å². The minimum absolute atomic E-state index is 0.0164. The minimum atomic E-state index is -0.374. The zero-order valence-electron chi connectivity index (χ0n) is 11.0. The van der Waals surface area contributed by atoms with E-state index in [2.05, 4.69) is 13.8 Å². The van der Waals surface area contributed by atoms with Crippen LogP contribution in [0.5, 0.6) is 0 Å². The lowest BCUT2D eigenvalue weighted by Gasteiger charge is -2.30. The minimum Gasteiger partial charge on any atom is -0.457 e. The molecule has 1 saturated carbocycles. The second kappa shape index (κ2) is 5.57. The molecule has 18 heavy (non-hydrogen) atoms. The summed E-state index contributed by atoms with van der Waals surface area (Å²) in [6.07, 6.45) is 3.12. The van der Waals surface area contributed by atoms with E-state index in [4.69, 9.17) is 14.9 Å². The van der Waals surface area contributed by atoms with Crippen LogP contribution in [0.25, 0.3) is 0 Å². The molecule has 1 aromatic rings. The molecule has 1 fully saturated rings. The third kappa shape index (κ3) is 3.13. The van der Waals surface area contributed by atoms with E-state index in [1.165, 1.54) is 6.42 Å². The van der Waals surface area contributed by atoms with E-state index < -0.39 is 0 Å². The molecule has 1 aliphatic rings. The molecule has 2 unspecified atom stereocenters. The summed E-state index contributed by atoms with van der Waals surface area (Å²) in [5.74, 6) is 1.71. The van der Waals surface area contributed by atoms with Crippen LogP contribution in [-0.4, -0.2) is 12.1 Å². The Balaban J connectivity index is 1.94. The molecule has 1 heterocycles. The molecule has 4 heteroatoms. The predicted molar refractivity (Wildman–Crippen MR) is 68.0 cm³/mol. The second-order valence-corrected chi connectivity index (χ2v) is 5.41. The first kappa shape index (κ1) is 13.1. The number of carbonyl (C=O) groups excluding carboxylic acids is 1. The number of nitrogens with two attached hydrogens (primary N) is 1. The van der Waals surface area contributed by atoms with Gasteiger partial charge < -0.3 is 14.9 Å². The number of hydrogen-bond acceptors (Lipinski definition) is 4. The van der Waals surface area contributed by atoms with E-state index in [-0.39, 0.29) is 17.8 Å². The van der Waals surface area contributed by atoms with Gasteiger partial charge in [0.05, 0.1) is 6.54 Å². The highest BCUT2D eigenvalue weighted by molar-refractivity contribution is 5.86. The average Bonchev–Trinajstić information content (AvgIpc) is 2.75. The fourth-order valence-corrected chi connectivity index (χ4v) is 2.78. The molecule has 1 aliphatic carbocycles. The Kier molecular flexibility index (Phi) is 4.07. The summed E-state index contributed by atoms with van der Waals surface area (Å²) in [7, 11) is 0. The maximum Gasteiger partial charge on any atom is 0.374 e. The lowest BCUT2D eigenvalue weighted by Crippen LogP contribution is -2.28. The first-order valence-electron chi connectivity index (χ1n) is 6.58. The number of hydrogen-bond donors (Lipinski definition) is 1. The fourth-order valence-electron chi connectivity index (χ4n) is 2.78. The fraction of sp³-hybridized carbons (Fsp3) is 0.643. The normalized spacial score (nSPS) is 28.1. The molecule has 0 amide bonds. The van der Waals surface area contributed by atoms with Gasteiger partial charge in [0.25, 0.3) is 0 Å². The number of ether oxygens (including phenoxy) is 1. The Labute approximate surface area is 107 Å². The standard InChI is InChI=1S/C14H21NO3/c1-9-5-10(2)7-12(6-9)18-14(16)13-4-3-11(8-15)17-13/h3-4,9-10,12H,5-8,15H2,1-2H3. The maximum absolute atomic E-state index is 11.9. The van der Waals surface area contributed by atoms with E-state index in [0.717, 1.165) is 12.8 Å². The molecule has 0 bridgehead atoms. The highest BCUT2D eigenvalue weighted by Crippen LogP contribution is 2.30. The van der Waals surface area contributed by atoms with Crippen LogP contribution in [0.4, 0.5) is 0 Å². The van der Waals surface area contributed by atoms with Crippen molar-refractivity contribution in [2.45, 2.75) is 45.8 Å². The SMILES string of the molecule is CC1CC(C)CC(OC(=O)c2ccc(CN)o2)C1. The molecule has 0 spiro atoms. The van der Waals surface area contributed by atoms with Gasteiger partial charge in [-0.3, -0.25) is 0 Å². The van der Waals surface area contributed by atoms with Crippen molar-refractivity contribution in [2.24, 2.45) is 17.6 Å². The monoisotopic (exact) mass is 251 g/mol. The molecule has 2 atom stereocenters. The lowest BCUT2D eigenvalue weighted by molar-refractivity contribution is 0.00486. The highest BCUT2D eigenvalue weighted by Gasteiger charge is 2.27. The Bertz CT molecular complexity index is 403. The third-order valence-corrected chi connectivity index (χ3v) is 3.47. The number of rotatable bonds is 3. The van der Waals surface area contributed by atoms with Crippen LogP contribution in [0.3, 0.4) is 0 Å². The highest BCUT2D eigenvalue weighted by atomic mass is 16.6. The molecule has 2 rings (SSSR count). The first-order valence-corrected chi connectivity index (χ1v) is 6.58. The van der Waals surface area contributed by atoms with Gasteiger partial charge in [-0.1, -0.05) is 13.8 Å². The summed E-state index contributed by atoms with van der Waals surface area (Å²) in [4.78, 5) is 11.9. The van der Waals surface area contributed by atoms with Crippen molar-refractivity contribution in [1.29, 1.82) is 0 Å². The number of carbonyl (C=O) groups is 1. The molecule has 4 nitrogen and oxygen atoms in total. The van der Waals surface area contributed by atoms with Gasteiger partial charge in [-0.2, -0.15) is 0 Å². The largest absolute Gasteiger partial charge is 0.457 e. The molecule has 0 radical (unpaired) electrons. The molecular formula is C14H21NO3. The van der Waals surface area contributed by atoms with Crippen LogP contribution >= 0.6 is 0 Å². The van der Waals surface area contributed by atoms with E-state index in [0.29, 0.717) is 24.1 Å². The summed E-state index contributed by atoms with van der Waals surface area (Å²) in [5.41, 5.74) is 5.44. The first-order chi connectivity index (χ1) is 8.58. The van der Waals surface area contributed by atoms with Crippen LogP contribution in [-0.2, 0) is 11.3 Å². The van der Waals surface area contributed by atoms with Gasteiger partial charge in [-0.15, -0.1) is 0 Å².